The Hall–Kier alpha value is -3.42. The number of aliphatic hydroxyl groups excluding tert-OH is 1. The Morgan fingerprint density at radius 1 is 1.08 bits per heavy atom. The summed E-state index contributed by atoms with van der Waals surface area (Å²) in [6.07, 6.45) is 0. The Kier molecular flexibility index (Phi) is 6.69. The Bertz CT molecular complexity index is 1310. The monoisotopic (exact) mass is 487 g/mol. The molecule has 0 spiro atoms. The van der Waals surface area contributed by atoms with Crippen molar-refractivity contribution in [2.45, 2.75) is 38.5 Å². The molecule has 0 saturated carbocycles. The van der Waals surface area contributed by atoms with Crippen LogP contribution in [0, 0.1) is 11.8 Å². The molecule has 2 N–H and O–H groups in total. The Morgan fingerprint density at radius 2 is 1.81 bits per heavy atom. The Balaban J connectivity index is 1.55. The molecule has 1 aromatic heterocycles. The second-order valence-electron chi connectivity index (χ2n) is 9.64. The third-order valence-corrected chi connectivity index (χ3v) is 7.89. The topological polar surface area (TPSA) is 83.8 Å². The number of likely N-dealkylation sites (N-methyl/N-ethyl adjacent to an activating group) is 1. The highest BCUT2D eigenvalue weighted by Crippen LogP contribution is 2.48. The number of amides is 1. The largest absolute Gasteiger partial charge is 0.496 e. The van der Waals surface area contributed by atoms with Crippen LogP contribution in [0.3, 0.4) is 0 Å². The number of nitrogens with one attached hydrogen (secondary N) is 1. The first-order valence-electron chi connectivity index (χ1n) is 12.6. The summed E-state index contributed by atoms with van der Waals surface area (Å²) in [6.45, 7) is 5.09. The van der Waals surface area contributed by atoms with E-state index in [0.717, 1.165) is 23.4 Å². The molecule has 5 atom stereocenters. The van der Waals surface area contributed by atoms with Crippen molar-refractivity contribution < 1.29 is 14.6 Å². The first kappa shape index (κ1) is 24.3. The van der Waals surface area contributed by atoms with Crippen molar-refractivity contribution in [3.8, 4) is 16.9 Å². The van der Waals surface area contributed by atoms with Gasteiger partial charge in [0.1, 0.15) is 5.75 Å². The molecule has 3 aromatic rings. The number of nitrogens with zero attached hydrogens (tertiary/aromatic N) is 2. The number of rotatable bonds is 7. The number of hydrogen-bond acceptors (Lipinski definition) is 5. The van der Waals surface area contributed by atoms with Crippen molar-refractivity contribution in [2.75, 3.05) is 20.3 Å². The van der Waals surface area contributed by atoms with Gasteiger partial charge in [-0.2, -0.15) is 0 Å². The Labute approximate surface area is 211 Å². The zero-order valence-corrected chi connectivity index (χ0v) is 20.9. The lowest BCUT2D eigenvalue weighted by Gasteiger charge is -2.37. The number of pyridine rings is 1. The predicted octanol–water partition coefficient (Wildman–Crippen LogP) is 3.38. The molecular weight excluding hydrogens is 454 g/mol. The van der Waals surface area contributed by atoms with Gasteiger partial charge >= 0.3 is 0 Å². The number of carbonyl (C=O) groups excluding carboxylic acids is 1. The summed E-state index contributed by atoms with van der Waals surface area (Å²) < 4.78 is 7.31. The van der Waals surface area contributed by atoms with E-state index in [9.17, 15) is 14.7 Å². The molecule has 7 heteroatoms. The SMILES string of the molecule is CCN1[C@@H]2Cn3c(ccc(-c4ccccc4OC)c3=O)[C@H]1[C@@H](C(=O)N[C@@H](C)c1ccccc1)[C@@H]2CO. The van der Waals surface area contributed by atoms with Crippen LogP contribution in [0.2, 0.25) is 0 Å². The standard InChI is InChI=1S/C29H33N3O4/c1-4-31-24-16-32-23(15-14-21(29(32)35)20-12-8-9-13-25(20)36-3)27(31)26(22(24)17-33)28(34)30-18(2)19-10-6-5-7-11-19/h5-15,18,22,24,26-27,33H,4,16-17H2,1-3H3,(H,30,34)/t18-,22+,24+,26-,27-/m0/s1. The van der Waals surface area contributed by atoms with Gasteiger partial charge in [-0.1, -0.05) is 55.5 Å². The normalized spacial score (nSPS) is 23.7. The molecule has 188 valence electrons. The van der Waals surface area contributed by atoms with Crippen molar-refractivity contribution in [1.29, 1.82) is 0 Å². The number of ether oxygens (including phenoxy) is 1. The number of aliphatic hydroxyl groups is 1. The molecule has 1 amide bonds. The maximum absolute atomic E-state index is 13.8. The summed E-state index contributed by atoms with van der Waals surface area (Å²) in [5, 5.41) is 13.6. The van der Waals surface area contributed by atoms with Gasteiger partial charge in [0, 0.05) is 36.4 Å². The van der Waals surface area contributed by atoms with Crippen LogP contribution in [-0.4, -0.2) is 46.8 Å². The molecule has 0 aliphatic carbocycles. The minimum Gasteiger partial charge on any atom is -0.496 e. The lowest BCUT2D eigenvalue weighted by Crippen LogP contribution is -2.46. The van der Waals surface area contributed by atoms with Crippen molar-refractivity contribution >= 4 is 5.91 Å². The number of carbonyl (C=O) groups is 1. The summed E-state index contributed by atoms with van der Waals surface area (Å²) in [5.41, 5.74) is 3.06. The van der Waals surface area contributed by atoms with Crippen LogP contribution >= 0.6 is 0 Å². The maximum atomic E-state index is 13.8. The van der Waals surface area contributed by atoms with Gasteiger partial charge in [-0.3, -0.25) is 14.5 Å². The third kappa shape index (κ3) is 3.92. The molecule has 3 heterocycles. The number of fused-ring (bicyclic) bond motifs is 4. The summed E-state index contributed by atoms with van der Waals surface area (Å²) >= 11 is 0. The molecule has 0 unspecified atom stereocenters. The van der Waals surface area contributed by atoms with Crippen LogP contribution in [0.5, 0.6) is 5.75 Å². The Morgan fingerprint density at radius 3 is 2.50 bits per heavy atom. The number of methoxy groups -OCH3 is 1. The van der Waals surface area contributed by atoms with Crippen LogP contribution in [0.1, 0.15) is 37.2 Å². The maximum Gasteiger partial charge on any atom is 0.258 e. The molecule has 5 rings (SSSR count). The number of para-hydroxylation sites is 1. The van der Waals surface area contributed by atoms with E-state index in [4.69, 9.17) is 4.74 Å². The second kappa shape index (κ2) is 9.91. The van der Waals surface area contributed by atoms with E-state index in [1.807, 2.05) is 73.7 Å². The lowest BCUT2D eigenvalue weighted by atomic mass is 9.86. The summed E-state index contributed by atoms with van der Waals surface area (Å²) in [4.78, 5) is 29.7. The van der Waals surface area contributed by atoms with E-state index in [0.29, 0.717) is 17.9 Å². The minimum atomic E-state index is -0.462. The second-order valence-corrected chi connectivity index (χ2v) is 9.64. The summed E-state index contributed by atoms with van der Waals surface area (Å²) in [7, 11) is 1.60. The minimum absolute atomic E-state index is 0.0916. The molecule has 36 heavy (non-hydrogen) atoms. The average Bonchev–Trinajstić information content (AvgIpc) is 3.14. The van der Waals surface area contributed by atoms with Crippen LogP contribution in [-0.2, 0) is 11.3 Å². The molecule has 1 saturated heterocycles. The molecule has 2 aromatic carbocycles. The van der Waals surface area contributed by atoms with E-state index in [1.54, 1.807) is 11.7 Å². The third-order valence-electron chi connectivity index (χ3n) is 7.89. The molecule has 2 bridgehead atoms. The van der Waals surface area contributed by atoms with Crippen LogP contribution in [0.15, 0.2) is 71.5 Å². The van der Waals surface area contributed by atoms with Gasteiger partial charge in [0.05, 0.1) is 30.7 Å². The number of aromatic nitrogens is 1. The van der Waals surface area contributed by atoms with Crippen molar-refractivity contribution in [3.63, 3.8) is 0 Å². The van der Waals surface area contributed by atoms with Crippen molar-refractivity contribution in [2.24, 2.45) is 11.8 Å². The highest BCUT2D eigenvalue weighted by Gasteiger charge is 2.55. The fourth-order valence-electron chi connectivity index (χ4n) is 6.16. The molecule has 1 fully saturated rings. The molecule has 2 aliphatic rings. The fourth-order valence-corrected chi connectivity index (χ4v) is 6.16. The summed E-state index contributed by atoms with van der Waals surface area (Å²) in [5.74, 6) is -0.182. The van der Waals surface area contributed by atoms with Gasteiger partial charge in [0.2, 0.25) is 5.91 Å². The average molecular weight is 488 g/mol. The molecule has 7 nitrogen and oxygen atoms in total. The smallest absolute Gasteiger partial charge is 0.258 e. The van der Waals surface area contributed by atoms with Gasteiger partial charge in [0.15, 0.2) is 0 Å². The van der Waals surface area contributed by atoms with Gasteiger partial charge in [0.25, 0.3) is 5.56 Å². The number of hydrogen-bond donors (Lipinski definition) is 2. The first-order valence-corrected chi connectivity index (χ1v) is 12.6. The first-order chi connectivity index (χ1) is 17.5. The van der Waals surface area contributed by atoms with E-state index in [1.165, 1.54) is 0 Å². The van der Waals surface area contributed by atoms with Gasteiger partial charge in [-0.25, -0.2) is 0 Å². The van der Waals surface area contributed by atoms with E-state index in [-0.39, 0.29) is 42.1 Å². The van der Waals surface area contributed by atoms with E-state index >= 15 is 0 Å². The summed E-state index contributed by atoms with van der Waals surface area (Å²) in [6, 6.07) is 20.6. The molecule has 0 radical (unpaired) electrons. The van der Waals surface area contributed by atoms with Crippen molar-refractivity contribution in [3.05, 3.63) is 88.3 Å². The highest BCUT2D eigenvalue weighted by molar-refractivity contribution is 5.81. The quantitative estimate of drug-likeness (QED) is 0.534. The van der Waals surface area contributed by atoms with E-state index in [2.05, 4.69) is 17.1 Å². The van der Waals surface area contributed by atoms with Crippen molar-refractivity contribution in [1.82, 2.24) is 14.8 Å². The van der Waals surface area contributed by atoms with Crippen LogP contribution in [0.4, 0.5) is 0 Å². The highest BCUT2D eigenvalue weighted by atomic mass is 16.5. The number of benzene rings is 2. The zero-order valence-electron chi connectivity index (χ0n) is 20.9. The fraction of sp³-hybridized carbons (Fsp3) is 0.379. The van der Waals surface area contributed by atoms with Crippen LogP contribution in [0.25, 0.3) is 11.1 Å². The predicted molar refractivity (Wildman–Crippen MR) is 139 cm³/mol. The van der Waals surface area contributed by atoms with E-state index < -0.39 is 5.92 Å². The lowest BCUT2D eigenvalue weighted by molar-refractivity contribution is -0.128. The van der Waals surface area contributed by atoms with Gasteiger partial charge in [-0.05, 0) is 37.2 Å². The van der Waals surface area contributed by atoms with Gasteiger partial charge in [-0.15, -0.1) is 0 Å². The molecular formula is C29H33N3O4. The van der Waals surface area contributed by atoms with Gasteiger partial charge < -0.3 is 19.7 Å². The van der Waals surface area contributed by atoms with Crippen LogP contribution < -0.4 is 15.6 Å². The zero-order chi connectivity index (χ0) is 25.4. The molecule has 2 aliphatic heterocycles.